The lowest BCUT2D eigenvalue weighted by Crippen LogP contribution is -2.46. The van der Waals surface area contributed by atoms with Crippen molar-refractivity contribution in [2.24, 2.45) is 15.4 Å². The molecule has 22 heteroatoms. The third-order valence-corrected chi connectivity index (χ3v) is 17.9. The van der Waals surface area contributed by atoms with E-state index in [1.54, 1.807) is 141 Å². The number of allylic oxidation sites excluding steroid dienone is 3. The van der Waals surface area contributed by atoms with Crippen molar-refractivity contribution in [2.75, 3.05) is 13.1 Å². The zero-order valence-electron chi connectivity index (χ0n) is 43.2. The van der Waals surface area contributed by atoms with Crippen LogP contribution in [0.1, 0.15) is 46.5 Å². The van der Waals surface area contributed by atoms with Crippen LogP contribution < -0.4 is 0 Å². The highest BCUT2D eigenvalue weighted by molar-refractivity contribution is 8.20. The van der Waals surface area contributed by atoms with Crippen molar-refractivity contribution in [2.45, 2.75) is 45.7 Å². The molecule has 18 nitrogen and oxygen atoms in total. The fraction of sp³-hybridized carbons (Fsp3) is 0.167. The number of esters is 4. The lowest BCUT2D eigenvalue weighted by Gasteiger charge is -2.29. The van der Waals surface area contributed by atoms with Gasteiger partial charge in [0.25, 0.3) is 11.8 Å². The molecule has 404 valence electrons. The lowest BCUT2D eigenvalue weighted by molar-refractivity contribution is -0.167. The fourth-order valence-electron chi connectivity index (χ4n) is 9.60. The number of carbonyl (C=O) groups is 6. The van der Waals surface area contributed by atoms with E-state index in [1.807, 2.05) is 24.3 Å². The Hall–Kier alpha value is -9.68. The van der Waals surface area contributed by atoms with Gasteiger partial charge in [0.2, 0.25) is 10.8 Å². The first-order valence-electron chi connectivity index (χ1n) is 25.0. The van der Waals surface area contributed by atoms with Gasteiger partial charge in [-0.05, 0) is 77.3 Å². The Morgan fingerprint density at radius 1 is 0.537 bits per heavy atom. The highest BCUT2D eigenvalue weighted by Gasteiger charge is 2.71. The smallest absolute Gasteiger partial charge is 0.334 e. The number of rotatable bonds is 16. The monoisotopic (exact) mass is 1160 g/mol. The van der Waals surface area contributed by atoms with Crippen LogP contribution >= 0.6 is 46.2 Å². The summed E-state index contributed by atoms with van der Waals surface area (Å²) < 4.78 is 25.4. The summed E-state index contributed by atoms with van der Waals surface area (Å²) in [5.41, 5.74) is -5.42. The van der Waals surface area contributed by atoms with Crippen LogP contribution in [0, 0.1) is 50.7 Å². The SMILES string of the molecule is CCN1C(=O)/C(=N/C2=CC3=C(c4sc5cc(/N=C6\SC(=C(C#N)C#N)N(CC)C6=O)sc5c4C3(C(=O)OCc3ccccc3)C(=O)OCc3ccccc3)C2(C(=O)OCc2ccccc2)C(=O)OCc2ccccc2)SC1=C(C#N)C#N. The van der Waals surface area contributed by atoms with Crippen LogP contribution in [0.5, 0.6) is 0 Å². The molecule has 82 heavy (non-hydrogen) atoms. The van der Waals surface area contributed by atoms with Gasteiger partial charge >= 0.3 is 23.9 Å². The van der Waals surface area contributed by atoms with Crippen LogP contribution in [0.25, 0.3) is 15.0 Å². The lowest BCUT2D eigenvalue weighted by atomic mass is 9.77. The predicted molar refractivity (Wildman–Crippen MR) is 305 cm³/mol. The quantitative estimate of drug-likeness (QED) is 0.0377. The second kappa shape index (κ2) is 23.6. The summed E-state index contributed by atoms with van der Waals surface area (Å²) in [4.78, 5) is 104. The van der Waals surface area contributed by atoms with Gasteiger partial charge in [0, 0.05) is 33.8 Å². The molecule has 2 aliphatic heterocycles. The first-order valence-corrected chi connectivity index (χ1v) is 28.3. The predicted octanol–water partition coefficient (Wildman–Crippen LogP) is 9.96. The molecule has 0 atom stereocenters. The number of aliphatic imine (C=N–C) groups is 2. The summed E-state index contributed by atoms with van der Waals surface area (Å²) in [7, 11) is 0. The number of nitriles is 4. The average Bonchev–Trinajstić information content (AvgIpc) is 2.03. The number of thiophene rings is 2. The molecule has 6 aromatic rings. The molecule has 10 rings (SSSR count). The summed E-state index contributed by atoms with van der Waals surface area (Å²) in [6, 6.07) is 43.3. The van der Waals surface area contributed by atoms with E-state index >= 15 is 19.2 Å². The van der Waals surface area contributed by atoms with Crippen LogP contribution in [0.4, 0.5) is 5.00 Å². The molecule has 0 radical (unpaired) electrons. The molecule has 2 aromatic heterocycles. The number of hydrogen-bond donors (Lipinski definition) is 0. The van der Waals surface area contributed by atoms with Crippen molar-refractivity contribution in [3.8, 4) is 24.3 Å². The topological polar surface area (TPSA) is 266 Å². The molecule has 0 bridgehead atoms. The van der Waals surface area contributed by atoms with Gasteiger partial charge < -0.3 is 18.9 Å². The molecule has 2 aliphatic carbocycles. The molecule has 2 saturated heterocycles. The number of amides is 2. The largest absolute Gasteiger partial charge is 0.459 e. The van der Waals surface area contributed by atoms with Crippen molar-refractivity contribution < 1.29 is 47.7 Å². The van der Waals surface area contributed by atoms with Crippen molar-refractivity contribution in [3.05, 3.63) is 199 Å². The molecule has 4 aromatic carbocycles. The van der Waals surface area contributed by atoms with Gasteiger partial charge in [0.05, 0.1) is 10.4 Å². The maximum absolute atomic E-state index is 16.0. The Kier molecular flexibility index (Phi) is 16.0. The van der Waals surface area contributed by atoms with Gasteiger partial charge in [0.1, 0.15) is 65.8 Å². The van der Waals surface area contributed by atoms with Gasteiger partial charge in [-0.2, -0.15) is 21.0 Å². The number of hydrogen-bond acceptors (Lipinski definition) is 20. The molecular weight excluding hydrogens is 1120 g/mol. The minimum Gasteiger partial charge on any atom is -0.459 e. The second-order valence-corrected chi connectivity index (χ2v) is 22.1. The molecule has 4 aliphatic rings. The van der Waals surface area contributed by atoms with Crippen LogP contribution in [-0.2, 0) is 79.6 Å². The summed E-state index contributed by atoms with van der Waals surface area (Å²) in [6.07, 6.45) is 1.20. The van der Waals surface area contributed by atoms with Gasteiger partial charge in [-0.1, -0.05) is 121 Å². The van der Waals surface area contributed by atoms with Crippen LogP contribution in [0.2, 0.25) is 0 Å². The zero-order chi connectivity index (χ0) is 57.7. The van der Waals surface area contributed by atoms with Gasteiger partial charge in [0.15, 0.2) is 21.2 Å². The van der Waals surface area contributed by atoms with E-state index in [0.29, 0.717) is 38.7 Å². The first-order chi connectivity index (χ1) is 39.9. The Balaban J connectivity index is 1.27. The van der Waals surface area contributed by atoms with E-state index in [1.165, 1.54) is 11.0 Å². The Labute approximate surface area is 484 Å². The Morgan fingerprint density at radius 2 is 0.915 bits per heavy atom. The van der Waals surface area contributed by atoms with Crippen molar-refractivity contribution >= 4 is 112 Å². The first kappa shape index (κ1) is 55.6. The minimum absolute atomic E-state index is 0.0288. The van der Waals surface area contributed by atoms with Crippen LogP contribution in [0.15, 0.2) is 176 Å². The van der Waals surface area contributed by atoms with Gasteiger partial charge in [-0.25, -0.2) is 9.98 Å². The Bertz CT molecular complexity index is 3900. The van der Waals surface area contributed by atoms with E-state index in [-0.39, 0.29) is 83.3 Å². The van der Waals surface area contributed by atoms with Crippen LogP contribution in [0.3, 0.4) is 0 Å². The van der Waals surface area contributed by atoms with E-state index in [9.17, 15) is 30.6 Å². The summed E-state index contributed by atoms with van der Waals surface area (Å²) in [5.74, 6) is -6.34. The number of thioether (sulfide) groups is 2. The number of fused-ring (bicyclic) bond motifs is 4. The number of nitrogens with zero attached hydrogens (tertiary/aromatic N) is 8. The molecule has 0 saturated carbocycles. The second-order valence-electron chi connectivity index (χ2n) is 18.1. The van der Waals surface area contributed by atoms with Crippen molar-refractivity contribution in [3.63, 3.8) is 0 Å². The highest BCUT2D eigenvalue weighted by atomic mass is 32.2. The van der Waals surface area contributed by atoms with E-state index in [4.69, 9.17) is 28.9 Å². The summed E-state index contributed by atoms with van der Waals surface area (Å²) in [5, 5.41) is 39.3. The van der Waals surface area contributed by atoms with Crippen LogP contribution in [-0.4, -0.2) is 68.7 Å². The van der Waals surface area contributed by atoms with Crippen molar-refractivity contribution in [1.29, 1.82) is 21.0 Å². The molecule has 0 unspecified atom stereocenters. The summed E-state index contributed by atoms with van der Waals surface area (Å²) in [6.45, 7) is 1.79. The average molecular weight is 1160 g/mol. The van der Waals surface area contributed by atoms with E-state index in [2.05, 4.69) is 0 Å². The fourth-order valence-corrected chi connectivity index (χ4v) is 14.5. The molecule has 2 fully saturated rings. The maximum atomic E-state index is 16.0. The summed E-state index contributed by atoms with van der Waals surface area (Å²) >= 11 is 3.40. The molecular formula is C60H40N8O10S4. The third kappa shape index (κ3) is 9.73. The molecule has 0 spiro atoms. The standard InChI is InChI=1S/C60H40N8O10S4/c1-3-67-51(69)49(81-53(67)39(27-61)28-62)65-43-25-41-45(60(43,57(73)77-33-37-21-13-7-14-22-37)58(74)78-34-38-23-15-8-16-24-38)48-46(47-42(79-48)26-44(80-47)66-50-52(70)68(4-2)54(82-50)40(29-63)30-64)59(41,55(71)75-31-35-17-9-5-10-18-35)56(72)76-32-36-19-11-6-12-20-36/h5-26H,3-4,31-34H2,1-2H3/b65-49-,66-50-. The number of ether oxygens (including phenoxy) is 4. The third-order valence-electron chi connectivity index (χ3n) is 13.4. The number of benzene rings is 4. The van der Waals surface area contributed by atoms with Gasteiger partial charge in [-0.15, -0.1) is 22.7 Å². The number of carbonyl (C=O) groups excluding carboxylic acids is 6. The zero-order valence-corrected chi connectivity index (χ0v) is 46.5. The maximum Gasteiger partial charge on any atom is 0.334 e. The van der Waals surface area contributed by atoms with Gasteiger partial charge in [-0.3, -0.25) is 38.6 Å². The molecule has 4 heterocycles. The van der Waals surface area contributed by atoms with E-state index < -0.39 is 71.0 Å². The molecule has 2 amide bonds. The highest BCUT2D eigenvalue weighted by Crippen LogP contribution is 2.66. The Morgan fingerprint density at radius 3 is 1.29 bits per heavy atom. The molecule has 0 N–H and O–H groups in total. The van der Waals surface area contributed by atoms with Crippen molar-refractivity contribution in [1.82, 2.24) is 9.80 Å². The minimum atomic E-state index is -2.88. The normalized spacial score (nSPS) is 16.5. The van der Waals surface area contributed by atoms with E-state index in [0.717, 1.165) is 39.3 Å².